The van der Waals surface area contributed by atoms with E-state index in [-0.39, 0.29) is 17.2 Å². The van der Waals surface area contributed by atoms with Gasteiger partial charge in [0.15, 0.2) is 0 Å². The van der Waals surface area contributed by atoms with Crippen LogP contribution in [0, 0.1) is 5.92 Å². The van der Waals surface area contributed by atoms with Gasteiger partial charge in [0.25, 0.3) is 5.91 Å². The molecule has 2 rings (SSSR count). The number of rotatable bonds is 7. The standard InChI is InChI=1S/C17H21N3O5S/c1-12(2)16(17(22)19-23)20(11-13-4-3-9-18-10-13)26(24,25)15-7-5-14(21)6-8-15/h3-10,12,16,21,23H,11H2,1-2H3,(H,19,22)/t16-/m1/s1. The first-order valence-electron chi connectivity index (χ1n) is 7.91. The molecule has 1 atom stereocenters. The van der Waals surface area contributed by atoms with E-state index in [2.05, 4.69) is 4.98 Å². The monoisotopic (exact) mass is 379 g/mol. The van der Waals surface area contributed by atoms with Crippen molar-refractivity contribution >= 4 is 15.9 Å². The van der Waals surface area contributed by atoms with Crippen LogP contribution in [0.4, 0.5) is 0 Å². The second kappa shape index (κ2) is 8.26. The second-order valence-corrected chi connectivity index (χ2v) is 7.96. The third-order valence-corrected chi connectivity index (χ3v) is 5.67. The van der Waals surface area contributed by atoms with Gasteiger partial charge >= 0.3 is 0 Å². The molecule has 9 heteroatoms. The highest BCUT2D eigenvalue weighted by molar-refractivity contribution is 7.89. The minimum Gasteiger partial charge on any atom is -0.508 e. The summed E-state index contributed by atoms with van der Waals surface area (Å²) in [5.41, 5.74) is 2.13. The van der Waals surface area contributed by atoms with Gasteiger partial charge in [-0.25, -0.2) is 13.9 Å². The maximum atomic E-state index is 13.2. The van der Waals surface area contributed by atoms with E-state index in [1.165, 1.54) is 30.5 Å². The molecule has 0 aliphatic rings. The smallest absolute Gasteiger partial charge is 0.262 e. The number of amides is 1. The summed E-state index contributed by atoms with van der Waals surface area (Å²) in [6.07, 6.45) is 3.07. The third-order valence-electron chi connectivity index (χ3n) is 3.83. The first kappa shape index (κ1) is 19.8. The molecule has 1 heterocycles. The Kier molecular flexibility index (Phi) is 6.30. The van der Waals surface area contributed by atoms with Crippen LogP contribution in [0.25, 0.3) is 0 Å². The van der Waals surface area contributed by atoms with Gasteiger partial charge < -0.3 is 5.11 Å². The van der Waals surface area contributed by atoms with E-state index < -0.39 is 27.9 Å². The molecule has 0 saturated carbocycles. The van der Waals surface area contributed by atoms with Gasteiger partial charge in [-0.15, -0.1) is 0 Å². The van der Waals surface area contributed by atoms with E-state index in [0.29, 0.717) is 5.56 Å². The Morgan fingerprint density at radius 1 is 1.23 bits per heavy atom. The van der Waals surface area contributed by atoms with Gasteiger partial charge in [0.2, 0.25) is 10.0 Å². The van der Waals surface area contributed by atoms with Gasteiger partial charge in [-0.2, -0.15) is 4.31 Å². The predicted octanol–water partition coefficient (Wildman–Crippen LogP) is 1.51. The highest BCUT2D eigenvalue weighted by Crippen LogP contribution is 2.25. The molecule has 2 aromatic rings. The van der Waals surface area contributed by atoms with Crippen molar-refractivity contribution in [3.05, 3.63) is 54.4 Å². The molecule has 3 N–H and O–H groups in total. The lowest BCUT2D eigenvalue weighted by Crippen LogP contribution is -2.51. The first-order valence-corrected chi connectivity index (χ1v) is 9.35. The Morgan fingerprint density at radius 3 is 2.38 bits per heavy atom. The molecular formula is C17H21N3O5S. The number of pyridine rings is 1. The van der Waals surface area contributed by atoms with Gasteiger partial charge in [-0.3, -0.25) is 15.0 Å². The van der Waals surface area contributed by atoms with E-state index in [9.17, 15) is 18.3 Å². The lowest BCUT2D eigenvalue weighted by Gasteiger charge is -2.31. The van der Waals surface area contributed by atoms with E-state index in [4.69, 9.17) is 5.21 Å². The van der Waals surface area contributed by atoms with E-state index in [1.54, 1.807) is 37.7 Å². The molecule has 26 heavy (non-hydrogen) atoms. The largest absolute Gasteiger partial charge is 0.508 e. The fourth-order valence-corrected chi connectivity index (χ4v) is 4.30. The lowest BCUT2D eigenvalue weighted by molar-refractivity contribution is -0.134. The van der Waals surface area contributed by atoms with Crippen molar-refractivity contribution in [2.24, 2.45) is 5.92 Å². The third kappa shape index (κ3) is 4.37. The van der Waals surface area contributed by atoms with Crippen LogP contribution in [-0.2, 0) is 21.4 Å². The van der Waals surface area contributed by atoms with Crippen molar-refractivity contribution in [3.63, 3.8) is 0 Å². The molecule has 0 radical (unpaired) electrons. The van der Waals surface area contributed by atoms with Crippen molar-refractivity contribution < 1.29 is 23.5 Å². The van der Waals surface area contributed by atoms with E-state index in [1.807, 2.05) is 0 Å². The molecule has 0 unspecified atom stereocenters. The quantitative estimate of drug-likeness (QED) is 0.495. The summed E-state index contributed by atoms with van der Waals surface area (Å²) in [5.74, 6) is -1.31. The highest BCUT2D eigenvalue weighted by Gasteiger charge is 2.38. The number of aromatic hydroxyl groups is 1. The van der Waals surface area contributed by atoms with Gasteiger partial charge in [0.1, 0.15) is 11.8 Å². The average molecular weight is 379 g/mol. The van der Waals surface area contributed by atoms with Crippen LogP contribution in [0.5, 0.6) is 5.75 Å². The number of sulfonamides is 1. The molecule has 0 fully saturated rings. The maximum Gasteiger partial charge on any atom is 0.262 e. The number of phenols is 1. The Bertz CT molecular complexity index is 838. The van der Waals surface area contributed by atoms with Crippen LogP contribution in [0.2, 0.25) is 0 Å². The number of aromatic nitrogens is 1. The molecule has 0 saturated heterocycles. The van der Waals surface area contributed by atoms with Crippen molar-refractivity contribution in [2.75, 3.05) is 0 Å². The fraction of sp³-hybridized carbons (Fsp3) is 0.294. The molecular weight excluding hydrogens is 358 g/mol. The van der Waals surface area contributed by atoms with Gasteiger partial charge in [-0.1, -0.05) is 19.9 Å². The Hall–Kier alpha value is -2.49. The second-order valence-electron chi connectivity index (χ2n) is 6.07. The number of phenolic OH excluding ortho intramolecular Hbond substituents is 1. The summed E-state index contributed by atoms with van der Waals surface area (Å²) >= 11 is 0. The summed E-state index contributed by atoms with van der Waals surface area (Å²) in [7, 11) is -4.09. The number of hydrogen-bond donors (Lipinski definition) is 3. The maximum absolute atomic E-state index is 13.2. The number of nitrogens with one attached hydrogen (secondary N) is 1. The van der Waals surface area contributed by atoms with Crippen LogP contribution in [0.1, 0.15) is 19.4 Å². The minimum atomic E-state index is -4.09. The zero-order valence-electron chi connectivity index (χ0n) is 14.4. The number of benzene rings is 1. The van der Waals surface area contributed by atoms with E-state index >= 15 is 0 Å². The molecule has 0 spiro atoms. The van der Waals surface area contributed by atoms with Crippen molar-refractivity contribution in [2.45, 2.75) is 31.3 Å². The predicted molar refractivity (Wildman–Crippen MR) is 93.6 cm³/mol. The van der Waals surface area contributed by atoms with Crippen molar-refractivity contribution in [3.8, 4) is 5.75 Å². The minimum absolute atomic E-state index is 0.0729. The first-order chi connectivity index (χ1) is 12.3. The molecule has 140 valence electrons. The number of hydroxylamine groups is 1. The van der Waals surface area contributed by atoms with Gasteiger partial charge in [0, 0.05) is 18.9 Å². The Balaban J connectivity index is 2.54. The zero-order chi connectivity index (χ0) is 19.3. The normalized spacial score (nSPS) is 13.0. The topological polar surface area (TPSA) is 120 Å². The number of hydrogen-bond acceptors (Lipinski definition) is 6. The molecule has 1 aromatic carbocycles. The highest BCUT2D eigenvalue weighted by atomic mass is 32.2. The fourth-order valence-electron chi connectivity index (χ4n) is 2.59. The van der Waals surface area contributed by atoms with Crippen molar-refractivity contribution in [1.29, 1.82) is 0 Å². The van der Waals surface area contributed by atoms with Crippen LogP contribution in [0.15, 0.2) is 53.7 Å². The summed E-state index contributed by atoms with van der Waals surface area (Å²) in [5, 5.41) is 18.5. The lowest BCUT2D eigenvalue weighted by atomic mass is 10.0. The van der Waals surface area contributed by atoms with E-state index in [0.717, 1.165) is 4.31 Å². The van der Waals surface area contributed by atoms with Crippen molar-refractivity contribution in [1.82, 2.24) is 14.8 Å². The number of carbonyl (C=O) groups is 1. The SMILES string of the molecule is CC(C)[C@H](C(=O)NO)N(Cc1cccnc1)S(=O)(=O)c1ccc(O)cc1. The van der Waals surface area contributed by atoms with Crippen LogP contribution >= 0.6 is 0 Å². The number of carbonyl (C=O) groups excluding carboxylic acids is 1. The Morgan fingerprint density at radius 2 is 1.88 bits per heavy atom. The number of nitrogens with zero attached hydrogens (tertiary/aromatic N) is 2. The van der Waals surface area contributed by atoms with Gasteiger partial charge in [-0.05, 0) is 41.8 Å². The molecule has 0 bridgehead atoms. The summed E-state index contributed by atoms with van der Waals surface area (Å²) in [6, 6.07) is 7.25. The van der Waals surface area contributed by atoms with Crippen LogP contribution in [-0.4, -0.2) is 40.0 Å². The van der Waals surface area contributed by atoms with Crippen LogP contribution in [0.3, 0.4) is 0 Å². The molecule has 1 aromatic heterocycles. The molecule has 0 aliphatic carbocycles. The van der Waals surface area contributed by atoms with Gasteiger partial charge in [0.05, 0.1) is 4.90 Å². The Labute approximate surface area is 152 Å². The zero-order valence-corrected chi connectivity index (χ0v) is 15.2. The summed E-state index contributed by atoms with van der Waals surface area (Å²) < 4.78 is 27.4. The summed E-state index contributed by atoms with van der Waals surface area (Å²) in [6.45, 7) is 3.26. The van der Waals surface area contributed by atoms with Crippen LogP contribution < -0.4 is 5.48 Å². The molecule has 8 nitrogen and oxygen atoms in total. The average Bonchev–Trinajstić information content (AvgIpc) is 2.62. The summed E-state index contributed by atoms with van der Waals surface area (Å²) in [4.78, 5) is 16.1. The molecule has 1 amide bonds. The molecule has 0 aliphatic heterocycles.